The van der Waals surface area contributed by atoms with E-state index in [9.17, 15) is 14.0 Å². The largest absolute Gasteiger partial charge is 0.381 e. The van der Waals surface area contributed by atoms with Gasteiger partial charge in [0.15, 0.2) is 0 Å². The molecule has 2 saturated heterocycles. The van der Waals surface area contributed by atoms with Crippen molar-refractivity contribution in [3.05, 3.63) is 45.5 Å². The number of H-pyrrole nitrogens is 1. The number of pyridine rings is 1. The number of benzene rings is 1. The number of likely N-dealkylation sites (tertiary alicyclic amines) is 1. The number of piperidine rings is 1. The first-order valence-corrected chi connectivity index (χ1v) is 9.71. The maximum atomic E-state index is 13.8. The minimum Gasteiger partial charge on any atom is -0.381 e. The Hall–Kier alpha value is -2.21. The molecule has 3 heterocycles. The van der Waals surface area contributed by atoms with E-state index in [1.54, 1.807) is 11.8 Å². The highest BCUT2D eigenvalue weighted by Gasteiger charge is 2.29. The summed E-state index contributed by atoms with van der Waals surface area (Å²) < 4.78 is 19.2. The molecule has 1 aromatic heterocycles. The predicted octanol–water partition coefficient (Wildman–Crippen LogP) is 3.25. The van der Waals surface area contributed by atoms with Crippen LogP contribution in [0.4, 0.5) is 4.39 Å². The van der Waals surface area contributed by atoms with Gasteiger partial charge in [-0.05, 0) is 62.1 Å². The molecule has 2 fully saturated rings. The van der Waals surface area contributed by atoms with Crippen LogP contribution in [-0.2, 0) is 4.74 Å². The SMILES string of the molecule is Cc1cc(F)cc2c(=O)c(C(=O)N3CCCC(CC4CCOC4)C3)c[nH]c12. The smallest absolute Gasteiger partial charge is 0.259 e. The second-order valence-corrected chi connectivity index (χ2v) is 7.90. The molecule has 1 amide bonds. The van der Waals surface area contributed by atoms with Gasteiger partial charge in [0.1, 0.15) is 11.4 Å². The van der Waals surface area contributed by atoms with Crippen molar-refractivity contribution in [3.8, 4) is 0 Å². The number of ether oxygens (including phenoxy) is 1. The zero-order chi connectivity index (χ0) is 19.0. The zero-order valence-corrected chi connectivity index (χ0v) is 15.6. The van der Waals surface area contributed by atoms with Gasteiger partial charge < -0.3 is 14.6 Å². The number of hydrogen-bond donors (Lipinski definition) is 1. The summed E-state index contributed by atoms with van der Waals surface area (Å²) in [6.07, 6.45) is 5.70. The molecule has 27 heavy (non-hydrogen) atoms. The van der Waals surface area contributed by atoms with E-state index in [0.717, 1.165) is 38.9 Å². The number of hydrogen-bond acceptors (Lipinski definition) is 3. The molecule has 6 heteroatoms. The van der Waals surface area contributed by atoms with Crippen LogP contribution in [0.2, 0.25) is 0 Å². The van der Waals surface area contributed by atoms with Crippen LogP contribution in [0.1, 0.15) is 41.6 Å². The van der Waals surface area contributed by atoms with Gasteiger partial charge in [-0.25, -0.2) is 4.39 Å². The Morgan fingerprint density at radius 2 is 2.19 bits per heavy atom. The Morgan fingerprint density at radius 1 is 1.33 bits per heavy atom. The number of nitrogens with zero attached hydrogens (tertiary/aromatic N) is 1. The Kier molecular flexibility index (Phi) is 5.00. The average molecular weight is 372 g/mol. The van der Waals surface area contributed by atoms with Gasteiger partial charge in [-0.3, -0.25) is 9.59 Å². The van der Waals surface area contributed by atoms with Crippen LogP contribution in [0.3, 0.4) is 0 Å². The van der Waals surface area contributed by atoms with Crippen molar-refractivity contribution in [2.75, 3.05) is 26.3 Å². The normalized spacial score (nSPS) is 23.1. The summed E-state index contributed by atoms with van der Waals surface area (Å²) in [5.74, 6) is 0.313. The van der Waals surface area contributed by atoms with Gasteiger partial charge >= 0.3 is 0 Å². The highest BCUT2D eigenvalue weighted by molar-refractivity contribution is 5.97. The van der Waals surface area contributed by atoms with E-state index in [-0.39, 0.29) is 16.9 Å². The third-order valence-corrected chi connectivity index (χ3v) is 5.88. The van der Waals surface area contributed by atoms with Crippen molar-refractivity contribution in [3.63, 3.8) is 0 Å². The zero-order valence-electron chi connectivity index (χ0n) is 15.6. The van der Waals surface area contributed by atoms with Crippen LogP contribution in [0.15, 0.2) is 23.1 Å². The topological polar surface area (TPSA) is 62.4 Å². The Balaban J connectivity index is 1.56. The lowest BCUT2D eigenvalue weighted by molar-refractivity contribution is 0.0652. The van der Waals surface area contributed by atoms with Crippen LogP contribution in [0.5, 0.6) is 0 Å². The van der Waals surface area contributed by atoms with Gasteiger partial charge in [0.25, 0.3) is 5.91 Å². The third kappa shape index (κ3) is 3.63. The molecule has 0 aliphatic carbocycles. The van der Waals surface area contributed by atoms with Gasteiger partial charge in [0.2, 0.25) is 5.43 Å². The van der Waals surface area contributed by atoms with Gasteiger partial charge in [-0.2, -0.15) is 0 Å². The fraction of sp³-hybridized carbons (Fsp3) is 0.524. The number of amides is 1. The summed E-state index contributed by atoms with van der Waals surface area (Å²) in [7, 11) is 0. The molecule has 1 N–H and O–H groups in total. The van der Waals surface area contributed by atoms with E-state index in [1.807, 2.05) is 0 Å². The highest BCUT2D eigenvalue weighted by Crippen LogP contribution is 2.28. The fourth-order valence-electron chi connectivity index (χ4n) is 4.48. The molecular weight excluding hydrogens is 347 g/mol. The molecule has 5 nitrogen and oxygen atoms in total. The molecule has 0 spiro atoms. The highest BCUT2D eigenvalue weighted by atomic mass is 19.1. The quantitative estimate of drug-likeness (QED) is 0.900. The number of aryl methyl sites for hydroxylation is 1. The van der Waals surface area contributed by atoms with Crippen molar-refractivity contribution in [2.45, 2.75) is 32.6 Å². The second kappa shape index (κ2) is 7.43. The second-order valence-electron chi connectivity index (χ2n) is 7.90. The Bertz CT molecular complexity index is 918. The number of rotatable bonds is 3. The maximum absolute atomic E-state index is 13.8. The molecule has 2 aliphatic heterocycles. The summed E-state index contributed by atoms with van der Waals surface area (Å²) in [6.45, 7) is 4.73. The lowest BCUT2D eigenvalue weighted by atomic mass is 9.87. The van der Waals surface area contributed by atoms with Gasteiger partial charge in [-0.1, -0.05) is 0 Å². The van der Waals surface area contributed by atoms with Gasteiger partial charge in [-0.15, -0.1) is 0 Å². The summed E-state index contributed by atoms with van der Waals surface area (Å²) in [5, 5.41) is 0.231. The molecule has 4 rings (SSSR count). The number of aromatic amines is 1. The Morgan fingerprint density at radius 3 is 2.96 bits per heavy atom. The first kappa shape index (κ1) is 18.2. The molecule has 0 radical (unpaired) electrons. The predicted molar refractivity (Wildman–Crippen MR) is 101 cm³/mol. The maximum Gasteiger partial charge on any atom is 0.259 e. The van der Waals surface area contributed by atoms with Crippen molar-refractivity contribution < 1.29 is 13.9 Å². The summed E-state index contributed by atoms with van der Waals surface area (Å²) in [4.78, 5) is 30.6. The van der Waals surface area contributed by atoms with E-state index in [1.165, 1.54) is 18.3 Å². The molecule has 2 aromatic rings. The molecule has 2 atom stereocenters. The van der Waals surface area contributed by atoms with Crippen LogP contribution < -0.4 is 5.43 Å². The number of fused-ring (bicyclic) bond motifs is 1. The standard InChI is InChI=1S/C21H25FN2O3/c1-13-7-16(22)9-17-19(13)23-10-18(20(17)25)21(26)24-5-2-3-14(11-24)8-15-4-6-27-12-15/h7,9-10,14-15H,2-6,8,11-12H2,1H3,(H,23,25). The molecule has 2 unspecified atom stereocenters. The van der Waals surface area contributed by atoms with Crippen molar-refractivity contribution >= 4 is 16.8 Å². The van der Waals surface area contributed by atoms with E-state index in [2.05, 4.69) is 4.98 Å². The minimum atomic E-state index is -0.466. The first-order chi connectivity index (χ1) is 13.0. The van der Waals surface area contributed by atoms with Crippen molar-refractivity contribution in [2.24, 2.45) is 11.8 Å². The molecular formula is C21H25FN2O3. The lowest BCUT2D eigenvalue weighted by Gasteiger charge is -2.33. The Labute approximate surface area is 157 Å². The number of carbonyl (C=O) groups excluding carboxylic acids is 1. The summed E-state index contributed by atoms with van der Waals surface area (Å²) in [5.41, 5.74) is 0.925. The first-order valence-electron chi connectivity index (χ1n) is 9.71. The van der Waals surface area contributed by atoms with Crippen molar-refractivity contribution in [1.29, 1.82) is 0 Å². The minimum absolute atomic E-state index is 0.0948. The van der Waals surface area contributed by atoms with E-state index < -0.39 is 11.2 Å². The number of nitrogens with one attached hydrogen (secondary N) is 1. The summed E-state index contributed by atoms with van der Waals surface area (Å²) in [6, 6.07) is 2.58. The van der Waals surface area contributed by atoms with Crippen molar-refractivity contribution in [1.82, 2.24) is 9.88 Å². The molecule has 2 aliphatic rings. The average Bonchev–Trinajstić information content (AvgIpc) is 3.15. The lowest BCUT2D eigenvalue weighted by Crippen LogP contribution is -2.42. The summed E-state index contributed by atoms with van der Waals surface area (Å²) >= 11 is 0. The molecule has 0 saturated carbocycles. The van der Waals surface area contributed by atoms with Gasteiger partial charge in [0, 0.05) is 37.9 Å². The molecule has 144 valence electrons. The molecule has 1 aromatic carbocycles. The van der Waals surface area contributed by atoms with Crippen LogP contribution in [-0.4, -0.2) is 42.1 Å². The third-order valence-electron chi connectivity index (χ3n) is 5.88. The monoisotopic (exact) mass is 372 g/mol. The van der Waals surface area contributed by atoms with E-state index >= 15 is 0 Å². The number of halogens is 1. The van der Waals surface area contributed by atoms with E-state index in [0.29, 0.717) is 36.0 Å². The fourth-order valence-corrected chi connectivity index (χ4v) is 4.48. The van der Waals surface area contributed by atoms with Crippen LogP contribution >= 0.6 is 0 Å². The van der Waals surface area contributed by atoms with Gasteiger partial charge in [0.05, 0.1) is 5.52 Å². The number of aromatic nitrogens is 1. The van der Waals surface area contributed by atoms with E-state index in [4.69, 9.17) is 4.74 Å². The molecule has 0 bridgehead atoms. The van der Waals surface area contributed by atoms with Crippen LogP contribution in [0.25, 0.3) is 10.9 Å². The van der Waals surface area contributed by atoms with Crippen LogP contribution in [0, 0.1) is 24.6 Å². The number of carbonyl (C=O) groups is 1.